The maximum Gasteiger partial charge on any atom is 0.262 e. The molecule has 2 heterocycles. The lowest BCUT2D eigenvalue weighted by molar-refractivity contribution is -0.00749. The van der Waals surface area contributed by atoms with E-state index in [-0.39, 0.29) is 18.6 Å². The highest BCUT2D eigenvalue weighted by Crippen LogP contribution is 2.37. The van der Waals surface area contributed by atoms with Crippen LogP contribution < -0.4 is 10.2 Å². The molecule has 2 atom stereocenters. The summed E-state index contributed by atoms with van der Waals surface area (Å²) in [5.41, 5.74) is 2.11. The lowest BCUT2D eigenvalue weighted by Crippen LogP contribution is -2.37. The molecule has 0 spiro atoms. The number of nitrogens with one attached hydrogen (secondary N) is 1. The van der Waals surface area contributed by atoms with Gasteiger partial charge in [0, 0.05) is 23.7 Å². The molecule has 0 radical (unpaired) electrons. The van der Waals surface area contributed by atoms with E-state index in [9.17, 15) is 9.90 Å². The monoisotopic (exact) mass is 356 g/mol. The van der Waals surface area contributed by atoms with Crippen molar-refractivity contribution < 1.29 is 14.6 Å². The van der Waals surface area contributed by atoms with Crippen LogP contribution in [0.2, 0.25) is 0 Å². The molecule has 3 rings (SSSR count). The Labute approximate surface area is 153 Å². The lowest BCUT2D eigenvalue weighted by atomic mass is 10.1. The van der Waals surface area contributed by atoms with Crippen molar-refractivity contribution >= 4 is 11.7 Å². The maximum absolute atomic E-state index is 12.9. The molecule has 2 N–H and O–H groups in total. The number of aliphatic hydroxyl groups excluding tert-OH is 1. The van der Waals surface area contributed by atoms with E-state index in [1.165, 1.54) is 4.90 Å². The van der Waals surface area contributed by atoms with Gasteiger partial charge in [-0.3, -0.25) is 9.69 Å². The third-order valence-corrected chi connectivity index (χ3v) is 4.15. The van der Waals surface area contributed by atoms with Crippen molar-refractivity contribution in [2.75, 3.05) is 18.1 Å². The fourth-order valence-electron chi connectivity index (χ4n) is 2.82. The summed E-state index contributed by atoms with van der Waals surface area (Å²) >= 11 is 0. The average molecular weight is 356 g/mol. The second-order valence-electron chi connectivity index (χ2n) is 6.70. The van der Waals surface area contributed by atoms with Gasteiger partial charge < -0.3 is 15.2 Å². The van der Waals surface area contributed by atoms with E-state index in [0.29, 0.717) is 17.9 Å². The molecule has 2 aromatic rings. The fraction of sp³-hybridized carbons (Fsp3) is 0.421. The summed E-state index contributed by atoms with van der Waals surface area (Å²) in [4.78, 5) is 14.3. The first-order valence-corrected chi connectivity index (χ1v) is 8.73. The number of aromatic nitrogens is 2. The molecule has 1 aliphatic heterocycles. The lowest BCUT2D eigenvalue weighted by Gasteiger charge is -2.25. The van der Waals surface area contributed by atoms with Crippen LogP contribution in [0.25, 0.3) is 0 Å². The molecule has 1 aliphatic rings. The summed E-state index contributed by atoms with van der Waals surface area (Å²) in [5, 5.41) is 21.5. The van der Waals surface area contributed by atoms with Gasteiger partial charge in [-0.05, 0) is 25.1 Å². The molecule has 7 nitrogen and oxygen atoms in total. The number of aliphatic hydroxyl groups is 1. The van der Waals surface area contributed by atoms with Crippen LogP contribution >= 0.6 is 0 Å². The van der Waals surface area contributed by atoms with Crippen molar-refractivity contribution in [2.24, 2.45) is 0 Å². The standard InChI is InChI=1S/C19H24N4O3/c1-12(2)20-10-14(24)11-26-19-16-7-5-4-6-15(16)18(25)23(19)17-9-8-13(3)21-22-17/h4-9,12,14,19-20,24H,10-11H2,1-3H3. The number of rotatable bonds is 7. The molecule has 0 bridgehead atoms. The zero-order valence-electron chi connectivity index (χ0n) is 15.2. The van der Waals surface area contributed by atoms with E-state index in [2.05, 4.69) is 15.5 Å². The van der Waals surface area contributed by atoms with Gasteiger partial charge in [-0.2, -0.15) is 5.10 Å². The Bertz CT molecular complexity index is 764. The Morgan fingerprint density at radius 1 is 1.23 bits per heavy atom. The maximum atomic E-state index is 12.9. The highest BCUT2D eigenvalue weighted by atomic mass is 16.5. The van der Waals surface area contributed by atoms with Crippen molar-refractivity contribution in [2.45, 2.75) is 39.1 Å². The van der Waals surface area contributed by atoms with Gasteiger partial charge in [-0.1, -0.05) is 32.0 Å². The summed E-state index contributed by atoms with van der Waals surface area (Å²) in [5.74, 6) is 0.246. The minimum Gasteiger partial charge on any atom is -0.389 e. The zero-order valence-corrected chi connectivity index (χ0v) is 15.2. The van der Waals surface area contributed by atoms with Gasteiger partial charge in [0.1, 0.15) is 0 Å². The number of hydrogen-bond donors (Lipinski definition) is 2. The molecular weight excluding hydrogens is 332 g/mol. The normalized spacial score (nSPS) is 17.7. The van der Waals surface area contributed by atoms with E-state index < -0.39 is 12.3 Å². The van der Waals surface area contributed by atoms with Gasteiger partial charge in [0.15, 0.2) is 12.0 Å². The van der Waals surface area contributed by atoms with Crippen LogP contribution in [-0.4, -0.2) is 46.5 Å². The summed E-state index contributed by atoms with van der Waals surface area (Å²) in [6.45, 7) is 6.38. The highest BCUT2D eigenvalue weighted by Gasteiger charge is 2.39. The van der Waals surface area contributed by atoms with Crippen molar-refractivity contribution in [1.82, 2.24) is 15.5 Å². The molecule has 0 saturated heterocycles. The molecular formula is C19H24N4O3. The smallest absolute Gasteiger partial charge is 0.262 e. The molecule has 2 unspecified atom stereocenters. The largest absolute Gasteiger partial charge is 0.389 e. The first-order valence-electron chi connectivity index (χ1n) is 8.73. The molecule has 1 aromatic heterocycles. The number of ether oxygens (including phenoxy) is 1. The van der Waals surface area contributed by atoms with Crippen molar-refractivity contribution in [3.8, 4) is 0 Å². The van der Waals surface area contributed by atoms with Crippen LogP contribution in [0.1, 0.15) is 41.7 Å². The van der Waals surface area contributed by atoms with Gasteiger partial charge in [-0.15, -0.1) is 5.10 Å². The van der Waals surface area contributed by atoms with Crippen LogP contribution in [0, 0.1) is 6.92 Å². The van der Waals surface area contributed by atoms with Gasteiger partial charge in [-0.25, -0.2) is 0 Å². The summed E-state index contributed by atoms with van der Waals surface area (Å²) in [6, 6.07) is 11.1. The number of carbonyl (C=O) groups excluding carboxylic acids is 1. The van der Waals surface area contributed by atoms with Crippen LogP contribution in [0.15, 0.2) is 36.4 Å². The second kappa shape index (κ2) is 7.90. The van der Waals surface area contributed by atoms with E-state index in [1.54, 1.807) is 18.2 Å². The van der Waals surface area contributed by atoms with Gasteiger partial charge >= 0.3 is 0 Å². The van der Waals surface area contributed by atoms with E-state index in [1.807, 2.05) is 39.0 Å². The van der Waals surface area contributed by atoms with Gasteiger partial charge in [0.2, 0.25) is 0 Å². The number of carbonyl (C=O) groups is 1. The number of aryl methyl sites for hydroxylation is 1. The van der Waals surface area contributed by atoms with Gasteiger partial charge in [0.25, 0.3) is 5.91 Å². The van der Waals surface area contributed by atoms with Crippen LogP contribution in [-0.2, 0) is 4.74 Å². The number of anilines is 1. The third-order valence-electron chi connectivity index (χ3n) is 4.15. The second-order valence-corrected chi connectivity index (χ2v) is 6.70. The molecule has 1 amide bonds. The Hall–Kier alpha value is -2.35. The summed E-state index contributed by atoms with van der Waals surface area (Å²) in [6.07, 6.45) is -1.31. The topological polar surface area (TPSA) is 87.6 Å². The molecule has 1 aromatic carbocycles. The molecule has 138 valence electrons. The predicted molar refractivity (Wildman–Crippen MR) is 97.9 cm³/mol. The van der Waals surface area contributed by atoms with Crippen molar-refractivity contribution in [3.05, 3.63) is 53.2 Å². The van der Waals surface area contributed by atoms with Crippen LogP contribution in [0.5, 0.6) is 0 Å². The Morgan fingerprint density at radius 3 is 2.69 bits per heavy atom. The predicted octanol–water partition coefficient (Wildman–Crippen LogP) is 1.82. The molecule has 26 heavy (non-hydrogen) atoms. The van der Waals surface area contributed by atoms with E-state index >= 15 is 0 Å². The number of benzene rings is 1. The van der Waals surface area contributed by atoms with Crippen molar-refractivity contribution in [1.29, 1.82) is 0 Å². The molecule has 7 heteroatoms. The molecule has 0 saturated carbocycles. The number of fused-ring (bicyclic) bond motifs is 1. The number of hydrogen-bond acceptors (Lipinski definition) is 6. The van der Waals surface area contributed by atoms with E-state index in [0.717, 1.165) is 11.3 Å². The minimum absolute atomic E-state index is 0.0990. The van der Waals surface area contributed by atoms with Crippen molar-refractivity contribution in [3.63, 3.8) is 0 Å². The first kappa shape index (κ1) is 18.4. The van der Waals surface area contributed by atoms with Crippen LogP contribution in [0.4, 0.5) is 5.82 Å². The van der Waals surface area contributed by atoms with Crippen LogP contribution in [0.3, 0.4) is 0 Å². The summed E-state index contributed by atoms with van der Waals surface area (Å²) < 4.78 is 5.94. The summed E-state index contributed by atoms with van der Waals surface area (Å²) in [7, 11) is 0. The third kappa shape index (κ3) is 3.90. The SMILES string of the molecule is Cc1ccc(N2C(=O)c3ccccc3C2OCC(O)CNC(C)C)nn1. The van der Waals surface area contributed by atoms with Gasteiger partial charge in [0.05, 0.1) is 18.4 Å². The Morgan fingerprint density at radius 2 is 2.00 bits per heavy atom. The Balaban J connectivity index is 1.81. The molecule has 0 fully saturated rings. The first-order chi connectivity index (χ1) is 12.5. The highest BCUT2D eigenvalue weighted by molar-refractivity contribution is 6.10. The number of amides is 1. The van der Waals surface area contributed by atoms with E-state index in [4.69, 9.17) is 4.74 Å². The molecule has 0 aliphatic carbocycles. The Kier molecular flexibility index (Phi) is 5.61. The zero-order chi connectivity index (χ0) is 18.7. The average Bonchev–Trinajstić information content (AvgIpc) is 2.91. The number of nitrogens with zero attached hydrogens (tertiary/aromatic N) is 3. The fourth-order valence-corrected chi connectivity index (χ4v) is 2.82. The quantitative estimate of drug-likeness (QED) is 0.787. The minimum atomic E-state index is -0.675.